The molecule has 2 bridgehead atoms. The number of carbonyl (C=O) groups is 2. The SMILES string of the molecule is O=C1Cc2ccc(C(=O)NC3CN4CCC3CC4)cc2N1. The second kappa shape index (κ2) is 4.84. The minimum absolute atomic E-state index is 0.0000477. The summed E-state index contributed by atoms with van der Waals surface area (Å²) in [5.74, 6) is 0.589. The van der Waals surface area contributed by atoms with Crippen molar-refractivity contribution in [2.75, 3.05) is 25.0 Å². The maximum atomic E-state index is 12.4. The van der Waals surface area contributed by atoms with E-state index in [4.69, 9.17) is 0 Å². The molecule has 4 aliphatic rings. The van der Waals surface area contributed by atoms with Gasteiger partial charge in [0.05, 0.1) is 6.42 Å². The fourth-order valence-electron chi connectivity index (χ4n) is 3.74. The maximum absolute atomic E-state index is 12.4. The van der Waals surface area contributed by atoms with Crippen molar-refractivity contribution >= 4 is 17.5 Å². The predicted octanol–water partition coefficient (Wildman–Crippen LogP) is 1.01. The van der Waals surface area contributed by atoms with E-state index in [2.05, 4.69) is 15.5 Å². The van der Waals surface area contributed by atoms with Crippen molar-refractivity contribution in [3.63, 3.8) is 0 Å². The van der Waals surface area contributed by atoms with Gasteiger partial charge in [0.2, 0.25) is 5.91 Å². The summed E-state index contributed by atoms with van der Waals surface area (Å²) in [6, 6.07) is 5.74. The van der Waals surface area contributed by atoms with E-state index in [-0.39, 0.29) is 17.9 Å². The fourth-order valence-corrected chi connectivity index (χ4v) is 3.74. The third kappa shape index (κ3) is 2.31. The molecule has 0 radical (unpaired) electrons. The molecule has 2 amide bonds. The summed E-state index contributed by atoms with van der Waals surface area (Å²) in [6.07, 6.45) is 2.78. The van der Waals surface area contributed by atoms with Crippen LogP contribution in [0.2, 0.25) is 0 Å². The first-order valence-electron chi connectivity index (χ1n) is 7.65. The van der Waals surface area contributed by atoms with Crippen molar-refractivity contribution in [2.24, 2.45) is 5.92 Å². The number of piperidine rings is 3. The monoisotopic (exact) mass is 285 g/mol. The Labute approximate surface area is 123 Å². The molecule has 5 heteroatoms. The summed E-state index contributed by atoms with van der Waals surface area (Å²) in [4.78, 5) is 26.2. The van der Waals surface area contributed by atoms with Crippen LogP contribution in [0.4, 0.5) is 5.69 Å². The van der Waals surface area contributed by atoms with E-state index in [1.807, 2.05) is 12.1 Å². The Bertz CT molecular complexity index is 606. The normalized spacial score (nSPS) is 29.9. The quantitative estimate of drug-likeness (QED) is 0.852. The second-order valence-corrected chi connectivity index (χ2v) is 6.31. The first-order valence-corrected chi connectivity index (χ1v) is 7.65. The summed E-state index contributed by atoms with van der Waals surface area (Å²) in [5, 5.41) is 5.97. The second-order valence-electron chi connectivity index (χ2n) is 6.31. The summed E-state index contributed by atoms with van der Waals surface area (Å²) < 4.78 is 0. The summed E-state index contributed by atoms with van der Waals surface area (Å²) in [5.41, 5.74) is 2.38. The molecule has 4 heterocycles. The Morgan fingerprint density at radius 3 is 2.81 bits per heavy atom. The third-order valence-electron chi connectivity index (χ3n) is 4.97. The molecule has 1 unspecified atom stereocenters. The van der Waals surface area contributed by atoms with Crippen LogP contribution in [0, 0.1) is 5.92 Å². The molecule has 1 atom stereocenters. The van der Waals surface area contributed by atoms with Crippen LogP contribution < -0.4 is 10.6 Å². The van der Waals surface area contributed by atoms with Gasteiger partial charge in [-0.05, 0) is 49.5 Å². The standard InChI is InChI=1S/C16H19N3O2/c20-15-8-11-1-2-12(7-13(11)17-15)16(21)18-14-9-19-5-3-10(14)4-6-19/h1-2,7,10,14H,3-6,8-9H2,(H,17,20)(H,18,21). The van der Waals surface area contributed by atoms with Gasteiger partial charge >= 0.3 is 0 Å². The van der Waals surface area contributed by atoms with Gasteiger partial charge < -0.3 is 15.5 Å². The Kier molecular flexibility index (Phi) is 2.96. The molecule has 0 spiro atoms. The highest BCUT2D eigenvalue weighted by Crippen LogP contribution is 2.28. The van der Waals surface area contributed by atoms with Crippen molar-refractivity contribution in [3.8, 4) is 0 Å². The van der Waals surface area contributed by atoms with Crippen LogP contribution in [0.3, 0.4) is 0 Å². The summed E-state index contributed by atoms with van der Waals surface area (Å²) >= 11 is 0. The van der Waals surface area contributed by atoms with E-state index in [1.165, 1.54) is 25.9 Å². The highest BCUT2D eigenvalue weighted by atomic mass is 16.2. The van der Waals surface area contributed by atoms with Gasteiger partial charge in [-0.3, -0.25) is 9.59 Å². The third-order valence-corrected chi connectivity index (χ3v) is 4.97. The molecule has 4 aliphatic heterocycles. The predicted molar refractivity (Wildman–Crippen MR) is 79.2 cm³/mol. The van der Waals surface area contributed by atoms with Crippen LogP contribution in [0.1, 0.15) is 28.8 Å². The van der Waals surface area contributed by atoms with Crippen LogP contribution in [0.15, 0.2) is 18.2 Å². The lowest BCUT2D eigenvalue weighted by atomic mass is 9.84. The molecule has 2 N–H and O–H groups in total. The van der Waals surface area contributed by atoms with Gasteiger partial charge in [-0.2, -0.15) is 0 Å². The molecule has 0 saturated carbocycles. The lowest BCUT2D eigenvalue weighted by Crippen LogP contribution is -2.57. The summed E-state index contributed by atoms with van der Waals surface area (Å²) in [6.45, 7) is 3.31. The highest BCUT2D eigenvalue weighted by Gasteiger charge is 2.35. The fraction of sp³-hybridized carbons (Fsp3) is 0.500. The molecule has 0 aliphatic carbocycles. The van der Waals surface area contributed by atoms with Crippen molar-refractivity contribution in [3.05, 3.63) is 29.3 Å². The summed E-state index contributed by atoms with van der Waals surface area (Å²) in [7, 11) is 0. The molecular formula is C16H19N3O2. The van der Waals surface area contributed by atoms with E-state index in [1.54, 1.807) is 6.07 Å². The van der Waals surface area contributed by atoms with Crippen LogP contribution in [-0.4, -0.2) is 42.4 Å². The smallest absolute Gasteiger partial charge is 0.251 e. The number of benzene rings is 1. The number of carbonyl (C=O) groups excluding carboxylic acids is 2. The number of nitrogens with one attached hydrogen (secondary N) is 2. The molecule has 3 fully saturated rings. The largest absolute Gasteiger partial charge is 0.348 e. The van der Waals surface area contributed by atoms with Crippen molar-refractivity contribution < 1.29 is 9.59 Å². The molecule has 5 rings (SSSR count). The van der Waals surface area contributed by atoms with Crippen LogP contribution in [0.25, 0.3) is 0 Å². The van der Waals surface area contributed by atoms with Crippen LogP contribution >= 0.6 is 0 Å². The molecule has 1 aromatic carbocycles. The minimum atomic E-state index is -0.0299. The Morgan fingerprint density at radius 2 is 2.10 bits per heavy atom. The molecule has 3 saturated heterocycles. The topological polar surface area (TPSA) is 61.4 Å². The Balaban J connectivity index is 1.48. The number of amides is 2. The average molecular weight is 285 g/mol. The van der Waals surface area contributed by atoms with E-state index in [0.29, 0.717) is 17.9 Å². The van der Waals surface area contributed by atoms with Gasteiger partial charge in [0.25, 0.3) is 5.91 Å². The highest BCUT2D eigenvalue weighted by molar-refractivity contribution is 6.02. The van der Waals surface area contributed by atoms with Crippen LogP contribution in [0.5, 0.6) is 0 Å². The van der Waals surface area contributed by atoms with Crippen molar-refractivity contribution in [2.45, 2.75) is 25.3 Å². The molecule has 0 aromatic heterocycles. The molecule has 110 valence electrons. The lowest BCUT2D eigenvalue weighted by molar-refractivity contribution is -0.115. The maximum Gasteiger partial charge on any atom is 0.251 e. The Morgan fingerprint density at radius 1 is 1.29 bits per heavy atom. The van der Waals surface area contributed by atoms with Gasteiger partial charge in [-0.1, -0.05) is 6.07 Å². The van der Waals surface area contributed by atoms with Gasteiger partial charge in [0.15, 0.2) is 0 Å². The zero-order valence-electron chi connectivity index (χ0n) is 11.9. The minimum Gasteiger partial charge on any atom is -0.348 e. The number of rotatable bonds is 2. The molecular weight excluding hydrogens is 266 g/mol. The van der Waals surface area contributed by atoms with Gasteiger partial charge in [-0.15, -0.1) is 0 Å². The zero-order valence-corrected chi connectivity index (χ0v) is 11.9. The van der Waals surface area contributed by atoms with Crippen LogP contribution in [-0.2, 0) is 11.2 Å². The van der Waals surface area contributed by atoms with Crippen molar-refractivity contribution in [1.82, 2.24) is 10.2 Å². The van der Waals surface area contributed by atoms with E-state index < -0.39 is 0 Å². The van der Waals surface area contributed by atoms with E-state index >= 15 is 0 Å². The van der Waals surface area contributed by atoms with Gasteiger partial charge in [-0.25, -0.2) is 0 Å². The molecule has 21 heavy (non-hydrogen) atoms. The number of hydrogen-bond acceptors (Lipinski definition) is 3. The number of anilines is 1. The van der Waals surface area contributed by atoms with Gasteiger partial charge in [0, 0.05) is 23.8 Å². The van der Waals surface area contributed by atoms with Gasteiger partial charge in [0.1, 0.15) is 0 Å². The molecule has 5 nitrogen and oxygen atoms in total. The number of nitrogens with zero attached hydrogens (tertiary/aromatic N) is 1. The average Bonchev–Trinajstić information content (AvgIpc) is 2.87. The Hall–Kier alpha value is -1.88. The zero-order chi connectivity index (χ0) is 14.4. The number of fused-ring (bicyclic) bond motifs is 4. The first-order chi connectivity index (χ1) is 10.2. The van der Waals surface area contributed by atoms with E-state index in [9.17, 15) is 9.59 Å². The number of hydrogen-bond donors (Lipinski definition) is 2. The molecule has 1 aromatic rings. The van der Waals surface area contributed by atoms with Crippen molar-refractivity contribution in [1.29, 1.82) is 0 Å². The van der Waals surface area contributed by atoms with E-state index in [0.717, 1.165) is 17.8 Å². The lowest BCUT2D eigenvalue weighted by Gasteiger charge is -2.44. The first kappa shape index (κ1) is 12.8.